The van der Waals surface area contributed by atoms with Crippen LogP contribution in [0.25, 0.3) is 10.9 Å². The minimum atomic E-state index is -1.35. The van der Waals surface area contributed by atoms with Crippen LogP contribution in [0.4, 0.5) is 4.39 Å². The highest BCUT2D eigenvalue weighted by Crippen LogP contribution is 2.53. The van der Waals surface area contributed by atoms with E-state index in [9.17, 15) is 4.79 Å². The first-order chi connectivity index (χ1) is 14.0. The van der Waals surface area contributed by atoms with Crippen LogP contribution in [-0.2, 0) is 12.2 Å². The Kier molecular flexibility index (Phi) is 4.01. The van der Waals surface area contributed by atoms with E-state index in [2.05, 4.69) is 20.1 Å². The first-order valence-electron chi connectivity index (χ1n) is 9.39. The summed E-state index contributed by atoms with van der Waals surface area (Å²) in [5.74, 6) is 0.673. The lowest BCUT2D eigenvalue weighted by Crippen LogP contribution is -2.36. The molecule has 3 heterocycles. The van der Waals surface area contributed by atoms with E-state index in [4.69, 9.17) is 4.52 Å². The topological polar surface area (TPSA) is 86.7 Å². The third kappa shape index (κ3) is 3.10. The molecule has 1 saturated carbocycles. The maximum atomic E-state index is 15.1. The monoisotopic (exact) mass is 391 g/mol. The van der Waals surface area contributed by atoms with Crippen molar-refractivity contribution < 1.29 is 8.91 Å². The number of fused-ring (bicyclic) bond motifs is 1. The van der Waals surface area contributed by atoms with Gasteiger partial charge in [-0.2, -0.15) is 4.98 Å². The number of hydrogen-bond donors (Lipinski definition) is 0. The van der Waals surface area contributed by atoms with Crippen LogP contribution < -0.4 is 5.56 Å². The average Bonchev–Trinajstić information content (AvgIpc) is 3.16. The summed E-state index contributed by atoms with van der Waals surface area (Å²) in [6, 6.07) is 9.13. The number of pyridine rings is 1. The molecule has 0 spiro atoms. The van der Waals surface area contributed by atoms with Gasteiger partial charge in [0.2, 0.25) is 5.89 Å². The maximum Gasteiger partial charge on any atom is 0.261 e. The molecule has 1 aliphatic rings. The average molecular weight is 391 g/mol. The number of halogens is 1. The van der Waals surface area contributed by atoms with Gasteiger partial charge in [0, 0.05) is 12.1 Å². The lowest BCUT2D eigenvalue weighted by molar-refractivity contribution is 0.0336. The molecule has 1 aromatic carbocycles. The number of aryl methyl sites for hydroxylation is 1. The van der Waals surface area contributed by atoms with Crippen LogP contribution in [0, 0.1) is 6.92 Å². The number of hydrogen-bond acceptors (Lipinski definition) is 6. The molecule has 0 unspecified atom stereocenters. The fourth-order valence-electron chi connectivity index (χ4n) is 3.76. The van der Waals surface area contributed by atoms with Gasteiger partial charge in [0.05, 0.1) is 23.4 Å². The molecule has 0 aliphatic heterocycles. The second-order valence-electron chi connectivity index (χ2n) is 7.55. The molecule has 0 amide bonds. The van der Waals surface area contributed by atoms with Gasteiger partial charge in [-0.1, -0.05) is 35.0 Å². The van der Waals surface area contributed by atoms with E-state index in [0.29, 0.717) is 41.0 Å². The highest BCUT2D eigenvalue weighted by Gasteiger charge is 2.48. The van der Waals surface area contributed by atoms with Crippen LogP contribution in [0.2, 0.25) is 0 Å². The van der Waals surface area contributed by atoms with E-state index < -0.39 is 5.67 Å². The van der Waals surface area contributed by atoms with Gasteiger partial charge in [0.25, 0.3) is 5.56 Å². The number of rotatable bonds is 4. The van der Waals surface area contributed by atoms with Crippen molar-refractivity contribution in [2.75, 3.05) is 0 Å². The molecule has 3 aromatic heterocycles. The first kappa shape index (κ1) is 17.7. The highest BCUT2D eigenvalue weighted by molar-refractivity contribution is 5.75. The Bertz CT molecular complexity index is 1240. The molecule has 5 rings (SSSR count). The zero-order chi connectivity index (χ0) is 20.0. The highest BCUT2D eigenvalue weighted by atomic mass is 19.1. The van der Waals surface area contributed by atoms with E-state index in [0.717, 1.165) is 5.56 Å². The lowest BCUT2D eigenvalue weighted by Gasteiger charge is -2.40. The molecule has 0 atom stereocenters. The zero-order valence-corrected chi connectivity index (χ0v) is 15.7. The standard InChI is InChI=1S/C21H18FN5O2/c1-13-2-4-15(5-3-13)21(22)8-14(9-21)19-25-18(29-26-19)11-27-12-24-17-10-23-7-6-16(17)20(27)28/h2-7,10,12,14H,8-9,11H2,1H3. The molecule has 4 aromatic rings. The van der Waals surface area contributed by atoms with Crippen molar-refractivity contribution >= 4 is 10.9 Å². The summed E-state index contributed by atoms with van der Waals surface area (Å²) in [5, 5.41) is 4.47. The number of aromatic nitrogens is 5. The van der Waals surface area contributed by atoms with E-state index in [1.54, 1.807) is 18.5 Å². The fraction of sp³-hybridized carbons (Fsp3) is 0.286. The van der Waals surface area contributed by atoms with Gasteiger partial charge in [-0.15, -0.1) is 0 Å². The van der Waals surface area contributed by atoms with Crippen molar-refractivity contribution in [1.82, 2.24) is 24.7 Å². The van der Waals surface area contributed by atoms with E-state index in [1.165, 1.54) is 10.9 Å². The van der Waals surface area contributed by atoms with E-state index in [-0.39, 0.29) is 18.0 Å². The second-order valence-corrected chi connectivity index (χ2v) is 7.55. The number of benzene rings is 1. The third-order valence-electron chi connectivity index (χ3n) is 5.49. The Labute approximate surface area is 165 Å². The summed E-state index contributed by atoms with van der Waals surface area (Å²) in [4.78, 5) is 25.1. The zero-order valence-electron chi connectivity index (χ0n) is 15.7. The molecule has 0 radical (unpaired) electrons. The summed E-state index contributed by atoms with van der Waals surface area (Å²) in [5.41, 5.74) is 0.761. The molecular weight excluding hydrogens is 373 g/mol. The Balaban J connectivity index is 1.32. The van der Waals surface area contributed by atoms with Crippen molar-refractivity contribution in [3.63, 3.8) is 0 Å². The molecule has 8 heteroatoms. The minimum Gasteiger partial charge on any atom is -0.337 e. The first-order valence-corrected chi connectivity index (χ1v) is 9.39. The number of nitrogens with zero attached hydrogens (tertiary/aromatic N) is 5. The summed E-state index contributed by atoms with van der Waals surface area (Å²) < 4.78 is 21.8. The van der Waals surface area contributed by atoms with Crippen molar-refractivity contribution in [2.24, 2.45) is 0 Å². The van der Waals surface area contributed by atoms with Crippen molar-refractivity contribution in [3.05, 3.63) is 82.2 Å². The predicted molar refractivity (Wildman–Crippen MR) is 103 cm³/mol. The molecule has 0 saturated heterocycles. The van der Waals surface area contributed by atoms with Crippen LogP contribution in [0.15, 0.2) is 58.4 Å². The van der Waals surface area contributed by atoms with Crippen LogP contribution in [0.1, 0.15) is 41.6 Å². The smallest absolute Gasteiger partial charge is 0.261 e. The quantitative estimate of drug-likeness (QED) is 0.531. The van der Waals surface area contributed by atoms with Gasteiger partial charge in [0.15, 0.2) is 5.82 Å². The summed E-state index contributed by atoms with van der Waals surface area (Å²) in [6.45, 7) is 2.09. The molecule has 0 bridgehead atoms. The lowest BCUT2D eigenvalue weighted by atomic mass is 9.68. The minimum absolute atomic E-state index is 0.101. The van der Waals surface area contributed by atoms with Gasteiger partial charge >= 0.3 is 0 Å². The Hall–Kier alpha value is -3.42. The van der Waals surface area contributed by atoms with Gasteiger partial charge < -0.3 is 4.52 Å². The summed E-state index contributed by atoms with van der Waals surface area (Å²) in [7, 11) is 0. The number of alkyl halides is 1. The molecule has 1 aliphatic carbocycles. The normalized spacial score (nSPS) is 21.2. The van der Waals surface area contributed by atoms with Crippen molar-refractivity contribution in [3.8, 4) is 0 Å². The molecule has 146 valence electrons. The molecular formula is C21H18FN5O2. The van der Waals surface area contributed by atoms with E-state index >= 15 is 4.39 Å². The van der Waals surface area contributed by atoms with Gasteiger partial charge in [-0.3, -0.25) is 14.3 Å². The maximum absolute atomic E-state index is 15.1. The largest absolute Gasteiger partial charge is 0.337 e. The molecule has 1 fully saturated rings. The van der Waals surface area contributed by atoms with Gasteiger partial charge in [-0.05, 0) is 31.4 Å². The SMILES string of the molecule is Cc1ccc(C2(F)CC(c3noc(Cn4cnc5cnccc5c4=O)n3)C2)cc1. The molecule has 0 N–H and O–H groups in total. The Morgan fingerprint density at radius 2 is 2.03 bits per heavy atom. The second kappa shape index (κ2) is 6.58. The van der Waals surface area contributed by atoms with Crippen molar-refractivity contribution in [1.29, 1.82) is 0 Å². The Morgan fingerprint density at radius 1 is 1.24 bits per heavy atom. The van der Waals surface area contributed by atoms with Crippen LogP contribution in [0.5, 0.6) is 0 Å². The molecule has 29 heavy (non-hydrogen) atoms. The fourth-order valence-corrected chi connectivity index (χ4v) is 3.76. The predicted octanol–water partition coefficient (Wildman–Crippen LogP) is 3.27. The van der Waals surface area contributed by atoms with Crippen LogP contribution >= 0.6 is 0 Å². The van der Waals surface area contributed by atoms with Crippen LogP contribution in [0.3, 0.4) is 0 Å². The third-order valence-corrected chi connectivity index (χ3v) is 5.49. The van der Waals surface area contributed by atoms with Crippen LogP contribution in [-0.4, -0.2) is 24.7 Å². The van der Waals surface area contributed by atoms with Crippen molar-refractivity contribution in [2.45, 2.75) is 37.9 Å². The van der Waals surface area contributed by atoms with E-state index in [1.807, 2.05) is 31.2 Å². The summed E-state index contributed by atoms with van der Waals surface area (Å²) in [6.07, 6.45) is 5.16. The van der Waals surface area contributed by atoms with Gasteiger partial charge in [-0.25, -0.2) is 9.37 Å². The molecule has 7 nitrogen and oxygen atoms in total. The summed E-state index contributed by atoms with van der Waals surface area (Å²) >= 11 is 0. The van der Waals surface area contributed by atoms with Gasteiger partial charge in [0.1, 0.15) is 12.2 Å². The Morgan fingerprint density at radius 3 is 2.83 bits per heavy atom.